The Morgan fingerprint density at radius 3 is 2.54 bits per heavy atom. The Bertz CT molecular complexity index is 858. The lowest BCUT2D eigenvalue weighted by Crippen LogP contribution is -2.29. The summed E-state index contributed by atoms with van der Waals surface area (Å²) in [6, 6.07) is 21.0. The number of fused-ring (bicyclic) bond motifs is 1. The van der Waals surface area contributed by atoms with Gasteiger partial charge in [-0.3, -0.25) is 4.79 Å². The molecule has 0 heterocycles. The summed E-state index contributed by atoms with van der Waals surface area (Å²) < 4.78 is 5.49. The molecule has 3 aromatic carbocycles. The molecule has 0 bridgehead atoms. The summed E-state index contributed by atoms with van der Waals surface area (Å²) in [7, 11) is 1.61. The molecule has 3 rings (SSSR count). The van der Waals surface area contributed by atoms with Gasteiger partial charge in [0.25, 0.3) is 5.91 Å². The lowest BCUT2D eigenvalue weighted by molar-refractivity contribution is 0.0829. The molecule has 0 aliphatic rings. The second-order valence-electron chi connectivity index (χ2n) is 5.48. The van der Waals surface area contributed by atoms with Crippen LogP contribution in [0.5, 0.6) is 0 Å². The molecule has 122 valence electrons. The monoisotopic (exact) mass is 339 g/mol. The highest BCUT2D eigenvalue weighted by Gasteiger charge is 2.16. The number of benzene rings is 3. The van der Waals surface area contributed by atoms with E-state index in [9.17, 15) is 4.79 Å². The Hall–Kier alpha value is -2.36. The van der Waals surface area contributed by atoms with E-state index in [4.69, 9.17) is 16.3 Å². The average molecular weight is 340 g/mol. The molecule has 1 amide bonds. The van der Waals surface area contributed by atoms with E-state index < -0.39 is 0 Å². The van der Waals surface area contributed by atoms with Gasteiger partial charge < -0.3 is 10.1 Å². The van der Waals surface area contributed by atoms with Crippen LogP contribution in [0.2, 0.25) is 5.02 Å². The first-order valence-electron chi connectivity index (χ1n) is 7.74. The lowest BCUT2D eigenvalue weighted by Gasteiger charge is -2.18. The van der Waals surface area contributed by atoms with E-state index in [0.29, 0.717) is 17.1 Å². The summed E-state index contributed by atoms with van der Waals surface area (Å²) in [6.07, 6.45) is -0.294. The number of hydrogen-bond acceptors (Lipinski definition) is 2. The van der Waals surface area contributed by atoms with Gasteiger partial charge in [-0.25, -0.2) is 0 Å². The third kappa shape index (κ3) is 3.42. The zero-order valence-corrected chi connectivity index (χ0v) is 14.1. The molecule has 0 spiro atoms. The Balaban J connectivity index is 1.78. The Morgan fingerprint density at radius 2 is 1.75 bits per heavy atom. The van der Waals surface area contributed by atoms with Crippen LogP contribution in [-0.2, 0) is 4.74 Å². The molecule has 1 unspecified atom stereocenters. The minimum absolute atomic E-state index is 0.124. The number of carbonyl (C=O) groups is 1. The average Bonchev–Trinajstić information content (AvgIpc) is 2.63. The van der Waals surface area contributed by atoms with Crippen molar-refractivity contribution in [2.24, 2.45) is 0 Å². The minimum Gasteiger partial charge on any atom is -0.375 e. The van der Waals surface area contributed by atoms with E-state index in [2.05, 4.69) is 5.32 Å². The molecule has 0 radical (unpaired) electrons. The molecule has 24 heavy (non-hydrogen) atoms. The smallest absolute Gasteiger partial charge is 0.252 e. The molecule has 3 nitrogen and oxygen atoms in total. The Morgan fingerprint density at radius 1 is 1.04 bits per heavy atom. The van der Waals surface area contributed by atoms with Gasteiger partial charge in [-0.1, -0.05) is 66.2 Å². The maximum absolute atomic E-state index is 12.6. The normalized spacial score (nSPS) is 12.1. The summed E-state index contributed by atoms with van der Waals surface area (Å²) >= 11 is 6.22. The molecule has 1 atom stereocenters. The highest BCUT2D eigenvalue weighted by atomic mass is 35.5. The second-order valence-corrected chi connectivity index (χ2v) is 5.89. The van der Waals surface area contributed by atoms with E-state index in [1.165, 1.54) is 0 Å². The van der Waals surface area contributed by atoms with Crippen LogP contribution in [0.3, 0.4) is 0 Å². The van der Waals surface area contributed by atoms with Crippen molar-refractivity contribution in [3.63, 3.8) is 0 Å². The van der Waals surface area contributed by atoms with Crippen LogP contribution in [0.1, 0.15) is 22.0 Å². The van der Waals surface area contributed by atoms with Crippen LogP contribution in [0.4, 0.5) is 0 Å². The van der Waals surface area contributed by atoms with Crippen molar-refractivity contribution >= 4 is 28.3 Å². The van der Waals surface area contributed by atoms with Crippen molar-refractivity contribution < 1.29 is 9.53 Å². The first-order valence-corrected chi connectivity index (χ1v) is 8.11. The molecular weight excluding hydrogens is 322 g/mol. The SMILES string of the molecule is COC(CNC(=O)c1cccc2ccccc12)c1ccccc1Cl. The molecular formula is C20H18ClNO2. The highest BCUT2D eigenvalue weighted by Crippen LogP contribution is 2.25. The summed E-state index contributed by atoms with van der Waals surface area (Å²) in [6.45, 7) is 0.349. The summed E-state index contributed by atoms with van der Waals surface area (Å²) in [4.78, 5) is 12.6. The number of rotatable bonds is 5. The molecule has 0 saturated heterocycles. The van der Waals surface area contributed by atoms with Crippen LogP contribution >= 0.6 is 11.6 Å². The maximum Gasteiger partial charge on any atom is 0.252 e. The third-order valence-corrected chi connectivity index (χ3v) is 4.36. The predicted octanol–water partition coefficient (Wildman–Crippen LogP) is 4.61. The van der Waals surface area contributed by atoms with Gasteiger partial charge in [-0.2, -0.15) is 0 Å². The zero-order chi connectivity index (χ0) is 16.9. The number of halogens is 1. The third-order valence-electron chi connectivity index (χ3n) is 4.02. The van der Waals surface area contributed by atoms with Crippen LogP contribution in [0.25, 0.3) is 10.8 Å². The number of carbonyl (C=O) groups excluding carboxylic acids is 1. The predicted molar refractivity (Wildman–Crippen MR) is 97.5 cm³/mol. The molecule has 0 saturated carbocycles. The van der Waals surface area contributed by atoms with Crippen molar-refractivity contribution in [3.05, 3.63) is 82.9 Å². The molecule has 3 aromatic rings. The zero-order valence-electron chi connectivity index (χ0n) is 13.3. The number of amides is 1. The van der Waals surface area contributed by atoms with Gasteiger partial charge in [-0.15, -0.1) is 0 Å². The van der Waals surface area contributed by atoms with Crippen molar-refractivity contribution in [2.45, 2.75) is 6.10 Å². The second kappa shape index (κ2) is 7.47. The van der Waals surface area contributed by atoms with E-state index >= 15 is 0 Å². The number of methoxy groups -OCH3 is 1. The van der Waals surface area contributed by atoms with Gasteiger partial charge in [0.1, 0.15) is 6.10 Å². The largest absolute Gasteiger partial charge is 0.375 e. The summed E-state index contributed by atoms with van der Waals surface area (Å²) in [5.74, 6) is -0.124. The fourth-order valence-corrected chi connectivity index (χ4v) is 3.02. The first-order chi connectivity index (χ1) is 11.7. The summed E-state index contributed by atoms with van der Waals surface area (Å²) in [5, 5.41) is 5.55. The highest BCUT2D eigenvalue weighted by molar-refractivity contribution is 6.31. The Labute approximate surface area is 146 Å². The number of nitrogens with one attached hydrogen (secondary N) is 1. The van der Waals surface area contributed by atoms with Crippen LogP contribution in [-0.4, -0.2) is 19.6 Å². The van der Waals surface area contributed by atoms with Crippen molar-refractivity contribution in [2.75, 3.05) is 13.7 Å². The van der Waals surface area contributed by atoms with Crippen molar-refractivity contribution in [3.8, 4) is 0 Å². The minimum atomic E-state index is -0.294. The standard InChI is InChI=1S/C20H18ClNO2/c1-24-19(17-10-4-5-12-18(17)21)13-22-20(23)16-11-6-8-14-7-2-3-9-15(14)16/h2-12,19H,13H2,1H3,(H,22,23). The van der Waals surface area contributed by atoms with Crippen molar-refractivity contribution in [1.29, 1.82) is 0 Å². The van der Waals surface area contributed by atoms with Gasteiger partial charge >= 0.3 is 0 Å². The molecule has 0 aliphatic heterocycles. The van der Waals surface area contributed by atoms with E-state index in [0.717, 1.165) is 16.3 Å². The van der Waals surface area contributed by atoms with E-state index in [-0.39, 0.29) is 12.0 Å². The van der Waals surface area contributed by atoms with Crippen LogP contribution < -0.4 is 5.32 Å². The van der Waals surface area contributed by atoms with E-state index in [1.54, 1.807) is 7.11 Å². The van der Waals surface area contributed by atoms with Gasteiger partial charge in [-0.05, 0) is 22.9 Å². The van der Waals surface area contributed by atoms with Gasteiger partial charge in [0.2, 0.25) is 0 Å². The number of hydrogen-bond donors (Lipinski definition) is 1. The quantitative estimate of drug-likeness (QED) is 0.737. The fourth-order valence-electron chi connectivity index (χ4n) is 2.76. The molecule has 0 aromatic heterocycles. The van der Waals surface area contributed by atoms with Gasteiger partial charge in [0.05, 0.1) is 0 Å². The van der Waals surface area contributed by atoms with Crippen LogP contribution in [0, 0.1) is 0 Å². The number of ether oxygens (including phenoxy) is 1. The molecule has 4 heteroatoms. The Kier molecular flexibility index (Phi) is 5.14. The van der Waals surface area contributed by atoms with Gasteiger partial charge in [0.15, 0.2) is 0 Å². The fraction of sp³-hybridized carbons (Fsp3) is 0.150. The molecule has 1 N–H and O–H groups in total. The van der Waals surface area contributed by atoms with Crippen LogP contribution in [0.15, 0.2) is 66.7 Å². The van der Waals surface area contributed by atoms with Gasteiger partial charge in [0, 0.05) is 29.8 Å². The maximum atomic E-state index is 12.6. The topological polar surface area (TPSA) is 38.3 Å². The summed E-state index contributed by atoms with van der Waals surface area (Å²) in [5.41, 5.74) is 1.52. The van der Waals surface area contributed by atoms with E-state index in [1.807, 2.05) is 66.7 Å². The lowest BCUT2D eigenvalue weighted by atomic mass is 10.0. The van der Waals surface area contributed by atoms with Crippen molar-refractivity contribution in [1.82, 2.24) is 5.32 Å². The molecule has 0 aliphatic carbocycles. The molecule has 0 fully saturated rings. The first kappa shape index (κ1) is 16.5.